The molecule has 0 aliphatic carbocycles. The first kappa shape index (κ1) is 4.35. The van der Waals surface area contributed by atoms with Crippen LogP contribution in [0.4, 0.5) is 0 Å². The summed E-state index contributed by atoms with van der Waals surface area (Å²) in [5.74, 6) is -0.653. The molecule has 2 aliphatic heterocycles. The van der Waals surface area contributed by atoms with Crippen molar-refractivity contribution in [3.05, 3.63) is 12.3 Å². The van der Waals surface area contributed by atoms with Crippen LogP contribution in [0.3, 0.4) is 0 Å². The standard InChI is InChI=1S/C5H6O3/c6-3-5-4(8-5)1-2-7-5/h1-2,4,6H,3H2/t4-,5+/m1/s1. The minimum Gasteiger partial charge on any atom is -0.464 e. The molecular weight excluding hydrogens is 108 g/mol. The maximum absolute atomic E-state index is 8.58. The number of fused-ring (bicyclic) bond motifs is 1. The van der Waals surface area contributed by atoms with Gasteiger partial charge in [0.1, 0.15) is 6.61 Å². The molecule has 2 aliphatic rings. The van der Waals surface area contributed by atoms with E-state index in [-0.39, 0.29) is 12.7 Å². The highest BCUT2D eigenvalue weighted by Crippen LogP contribution is 2.42. The fourth-order valence-electron chi connectivity index (χ4n) is 0.852. The SMILES string of the molecule is OC[C@@]12OC=C[C@H]1O2. The summed E-state index contributed by atoms with van der Waals surface area (Å²) in [6.07, 6.45) is 3.37. The Labute approximate surface area is 46.5 Å². The molecule has 0 radical (unpaired) electrons. The van der Waals surface area contributed by atoms with Crippen molar-refractivity contribution < 1.29 is 14.6 Å². The van der Waals surface area contributed by atoms with Gasteiger partial charge in [0.15, 0.2) is 6.10 Å². The van der Waals surface area contributed by atoms with E-state index in [0.29, 0.717) is 0 Å². The lowest BCUT2D eigenvalue weighted by atomic mass is 10.3. The molecular formula is C5H6O3. The smallest absolute Gasteiger partial charge is 0.264 e. The van der Waals surface area contributed by atoms with Crippen LogP contribution in [-0.4, -0.2) is 23.6 Å². The molecule has 0 aromatic heterocycles. The maximum atomic E-state index is 8.58. The molecule has 0 aromatic carbocycles. The minimum absolute atomic E-state index is 0.0208. The third-order valence-electron chi connectivity index (χ3n) is 1.44. The summed E-state index contributed by atoms with van der Waals surface area (Å²) in [6, 6.07) is 0. The third kappa shape index (κ3) is 0.319. The number of aliphatic hydroxyl groups is 1. The Balaban J connectivity index is 2.15. The number of hydrogen-bond donors (Lipinski definition) is 1. The van der Waals surface area contributed by atoms with Crippen LogP contribution in [0.2, 0.25) is 0 Å². The third-order valence-corrected chi connectivity index (χ3v) is 1.44. The average molecular weight is 114 g/mol. The highest BCUT2D eigenvalue weighted by atomic mass is 16.8. The van der Waals surface area contributed by atoms with Crippen molar-refractivity contribution in [2.24, 2.45) is 0 Å². The number of hydrogen-bond acceptors (Lipinski definition) is 3. The van der Waals surface area contributed by atoms with Gasteiger partial charge in [0, 0.05) is 0 Å². The fourth-order valence-corrected chi connectivity index (χ4v) is 0.852. The van der Waals surface area contributed by atoms with Crippen molar-refractivity contribution in [2.45, 2.75) is 11.9 Å². The molecule has 1 N–H and O–H groups in total. The molecule has 2 rings (SSSR count). The number of rotatable bonds is 1. The lowest BCUT2D eigenvalue weighted by Crippen LogP contribution is -2.17. The lowest BCUT2D eigenvalue weighted by Gasteiger charge is -2.02. The largest absolute Gasteiger partial charge is 0.464 e. The number of ether oxygens (including phenoxy) is 2. The Morgan fingerprint density at radius 2 is 2.62 bits per heavy atom. The Morgan fingerprint density at radius 3 is 2.88 bits per heavy atom. The Hall–Kier alpha value is -0.540. The zero-order valence-corrected chi connectivity index (χ0v) is 4.20. The van der Waals surface area contributed by atoms with Gasteiger partial charge in [0.25, 0.3) is 5.79 Å². The van der Waals surface area contributed by atoms with E-state index >= 15 is 0 Å². The van der Waals surface area contributed by atoms with E-state index in [1.165, 1.54) is 0 Å². The topological polar surface area (TPSA) is 42.0 Å². The second-order valence-corrected chi connectivity index (χ2v) is 1.95. The molecule has 1 fully saturated rings. The van der Waals surface area contributed by atoms with E-state index in [1.54, 1.807) is 12.3 Å². The number of epoxide rings is 1. The van der Waals surface area contributed by atoms with Crippen LogP contribution in [0, 0.1) is 0 Å². The average Bonchev–Trinajstić information content (AvgIpc) is 2.38. The maximum Gasteiger partial charge on any atom is 0.264 e. The van der Waals surface area contributed by atoms with E-state index in [1.807, 2.05) is 0 Å². The van der Waals surface area contributed by atoms with E-state index in [4.69, 9.17) is 14.6 Å². The van der Waals surface area contributed by atoms with Crippen LogP contribution in [0.25, 0.3) is 0 Å². The summed E-state index contributed by atoms with van der Waals surface area (Å²) in [5.41, 5.74) is 0. The van der Waals surface area contributed by atoms with Crippen molar-refractivity contribution in [1.29, 1.82) is 0 Å². The van der Waals surface area contributed by atoms with Gasteiger partial charge in [0.2, 0.25) is 0 Å². The molecule has 0 unspecified atom stereocenters. The van der Waals surface area contributed by atoms with E-state index in [0.717, 1.165) is 0 Å². The highest BCUT2D eigenvalue weighted by molar-refractivity contribution is 5.12. The first-order valence-electron chi connectivity index (χ1n) is 2.50. The van der Waals surface area contributed by atoms with Gasteiger partial charge >= 0.3 is 0 Å². The molecule has 44 valence electrons. The lowest BCUT2D eigenvalue weighted by molar-refractivity contribution is -0.0234. The first-order chi connectivity index (χ1) is 3.87. The van der Waals surface area contributed by atoms with Gasteiger partial charge < -0.3 is 14.6 Å². The van der Waals surface area contributed by atoms with Crippen LogP contribution < -0.4 is 0 Å². The molecule has 2 atom stereocenters. The van der Waals surface area contributed by atoms with Crippen LogP contribution in [0.1, 0.15) is 0 Å². The van der Waals surface area contributed by atoms with Crippen LogP contribution in [0.15, 0.2) is 12.3 Å². The summed E-state index contributed by atoms with van der Waals surface area (Å²) in [6.45, 7) is -0.0509. The number of aliphatic hydroxyl groups excluding tert-OH is 1. The van der Waals surface area contributed by atoms with Crippen LogP contribution in [0.5, 0.6) is 0 Å². The molecule has 0 bridgehead atoms. The second-order valence-electron chi connectivity index (χ2n) is 1.95. The normalized spacial score (nSPS) is 48.4. The Bertz CT molecular complexity index is 143. The van der Waals surface area contributed by atoms with Gasteiger partial charge in [-0.1, -0.05) is 0 Å². The summed E-state index contributed by atoms with van der Waals surface area (Å²) in [4.78, 5) is 0. The van der Waals surface area contributed by atoms with Crippen molar-refractivity contribution in [2.75, 3.05) is 6.61 Å². The zero-order valence-electron chi connectivity index (χ0n) is 4.20. The predicted octanol–water partition coefficient (Wildman–Crippen LogP) is -0.382. The monoisotopic (exact) mass is 114 g/mol. The summed E-state index contributed by atoms with van der Waals surface area (Å²) in [5, 5.41) is 8.58. The van der Waals surface area contributed by atoms with Crippen LogP contribution >= 0.6 is 0 Å². The first-order valence-corrected chi connectivity index (χ1v) is 2.50. The highest BCUT2D eigenvalue weighted by Gasteiger charge is 2.60. The Morgan fingerprint density at radius 1 is 1.75 bits per heavy atom. The summed E-state index contributed by atoms with van der Waals surface area (Å²) < 4.78 is 9.84. The summed E-state index contributed by atoms with van der Waals surface area (Å²) in [7, 11) is 0. The Kier molecular flexibility index (Phi) is 0.578. The molecule has 0 spiro atoms. The van der Waals surface area contributed by atoms with E-state index < -0.39 is 5.79 Å². The molecule has 2 heterocycles. The zero-order chi connectivity index (χ0) is 5.61. The van der Waals surface area contributed by atoms with Gasteiger partial charge in [-0.2, -0.15) is 0 Å². The van der Waals surface area contributed by atoms with Crippen molar-refractivity contribution >= 4 is 0 Å². The molecule has 0 amide bonds. The van der Waals surface area contributed by atoms with E-state index in [2.05, 4.69) is 0 Å². The van der Waals surface area contributed by atoms with Crippen molar-refractivity contribution in [3.8, 4) is 0 Å². The van der Waals surface area contributed by atoms with Gasteiger partial charge in [0.05, 0.1) is 6.26 Å². The van der Waals surface area contributed by atoms with Gasteiger partial charge in [-0.15, -0.1) is 0 Å². The summed E-state index contributed by atoms with van der Waals surface area (Å²) >= 11 is 0. The molecule has 0 saturated carbocycles. The van der Waals surface area contributed by atoms with Crippen LogP contribution in [-0.2, 0) is 9.47 Å². The van der Waals surface area contributed by atoms with Gasteiger partial charge in [-0.3, -0.25) is 0 Å². The minimum atomic E-state index is -0.653. The van der Waals surface area contributed by atoms with Gasteiger partial charge in [-0.05, 0) is 6.08 Å². The van der Waals surface area contributed by atoms with Crippen molar-refractivity contribution in [1.82, 2.24) is 0 Å². The van der Waals surface area contributed by atoms with Crippen molar-refractivity contribution in [3.63, 3.8) is 0 Å². The predicted molar refractivity (Wildman–Crippen MR) is 24.9 cm³/mol. The second kappa shape index (κ2) is 1.06. The molecule has 1 saturated heterocycles. The molecule has 8 heavy (non-hydrogen) atoms. The quantitative estimate of drug-likeness (QED) is 0.472. The van der Waals surface area contributed by atoms with Gasteiger partial charge in [-0.25, -0.2) is 0 Å². The van der Waals surface area contributed by atoms with E-state index in [9.17, 15) is 0 Å². The fraction of sp³-hybridized carbons (Fsp3) is 0.600. The molecule has 3 heteroatoms. The molecule has 0 aromatic rings. The molecule has 3 nitrogen and oxygen atoms in total.